The van der Waals surface area contributed by atoms with Crippen LogP contribution < -0.4 is 0 Å². The monoisotopic (exact) mass is 222 g/mol. The quantitative estimate of drug-likeness (QED) is 0.686. The zero-order valence-electron chi connectivity index (χ0n) is 8.20. The molecule has 0 aromatic heterocycles. The number of carbonyl (C=O) groups excluding carboxylic acids is 1. The summed E-state index contributed by atoms with van der Waals surface area (Å²) in [5.74, 6) is 0.403. The van der Waals surface area contributed by atoms with Crippen LogP contribution in [0.25, 0.3) is 0 Å². The average molecular weight is 223 g/mol. The summed E-state index contributed by atoms with van der Waals surface area (Å²) >= 11 is 5.01. The molecule has 0 aliphatic carbocycles. The smallest absolute Gasteiger partial charge is 0.398 e. The van der Waals surface area contributed by atoms with Gasteiger partial charge in [-0.1, -0.05) is 19.8 Å². The molecule has 1 saturated heterocycles. The first-order chi connectivity index (χ1) is 6.72. The van der Waals surface area contributed by atoms with Gasteiger partial charge >= 0.3 is 11.9 Å². The van der Waals surface area contributed by atoms with Gasteiger partial charge in [0.15, 0.2) is 0 Å². The van der Waals surface area contributed by atoms with Gasteiger partial charge in [-0.3, -0.25) is 0 Å². The van der Waals surface area contributed by atoms with Crippen LogP contribution in [0.1, 0.15) is 26.2 Å². The largest absolute Gasteiger partial charge is 0.407 e. The van der Waals surface area contributed by atoms with Gasteiger partial charge in [0.2, 0.25) is 0 Å². The van der Waals surface area contributed by atoms with Crippen molar-refractivity contribution >= 4 is 17.0 Å². The Morgan fingerprint density at radius 1 is 1.50 bits per heavy atom. The van der Waals surface area contributed by atoms with E-state index in [-0.39, 0.29) is 0 Å². The molecule has 1 aliphatic heterocycles. The normalized spacial score (nSPS) is 27.3. The van der Waals surface area contributed by atoms with Crippen LogP contribution in [0, 0.1) is 5.92 Å². The maximum absolute atomic E-state index is 10.3. The molecular formula is C9H15ClO4. The van der Waals surface area contributed by atoms with Crippen LogP contribution in [0.3, 0.4) is 0 Å². The molecule has 0 radical (unpaired) electrons. The molecule has 1 heterocycles. The zero-order valence-corrected chi connectivity index (χ0v) is 8.96. The van der Waals surface area contributed by atoms with Crippen LogP contribution in [0.15, 0.2) is 0 Å². The van der Waals surface area contributed by atoms with Crippen LogP contribution >= 0.6 is 11.6 Å². The van der Waals surface area contributed by atoms with Gasteiger partial charge in [-0.15, -0.1) is 0 Å². The van der Waals surface area contributed by atoms with Crippen LogP contribution in [-0.2, 0) is 14.2 Å². The number of unbranched alkanes of at least 4 members (excludes halogenated alkanes) is 1. The third kappa shape index (κ3) is 4.26. The molecule has 0 unspecified atom stereocenters. The summed E-state index contributed by atoms with van der Waals surface area (Å²) in [7, 11) is 0. The fourth-order valence-electron chi connectivity index (χ4n) is 1.33. The Morgan fingerprint density at radius 3 is 2.64 bits per heavy atom. The van der Waals surface area contributed by atoms with E-state index in [9.17, 15) is 4.79 Å². The van der Waals surface area contributed by atoms with Gasteiger partial charge in [0.25, 0.3) is 0 Å². The second-order valence-corrected chi connectivity index (χ2v) is 3.63. The highest BCUT2D eigenvalue weighted by Crippen LogP contribution is 2.17. The third-order valence-corrected chi connectivity index (χ3v) is 2.18. The van der Waals surface area contributed by atoms with Gasteiger partial charge in [0, 0.05) is 17.5 Å². The fraction of sp³-hybridized carbons (Fsp3) is 0.889. The number of hydrogen-bond donors (Lipinski definition) is 0. The van der Waals surface area contributed by atoms with Crippen LogP contribution in [0.5, 0.6) is 0 Å². The van der Waals surface area contributed by atoms with Gasteiger partial charge in [0.05, 0.1) is 13.2 Å². The number of ether oxygens (including phenoxy) is 3. The predicted octanol–water partition coefficient (Wildman–Crippen LogP) is 2.50. The standard InChI is InChI=1S/C9H15ClO4/c1-2-3-4-7-5-12-9(13-6-7)14-8(10)11/h7,9H,2-6H2,1H3. The molecule has 4 nitrogen and oxygen atoms in total. The molecule has 0 N–H and O–H groups in total. The Morgan fingerprint density at radius 2 is 2.14 bits per heavy atom. The summed E-state index contributed by atoms with van der Waals surface area (Å²) in [6.07, 6.45) is 3.41. The molecule has 0 bridgehead atoms. The molecule has 1 aliphatic rings. The van der Waals surface area contributed by atoms with E-state index in [0.717, 1.165) is 19.3 Å². The number of halogens is 1. The maximum atomic E-state index is 10.3. The van der Waals surface area contributed by atoms with E-state index in [0.29, 0.717) is 19.1 Å². The first-order valence-electron chi connectivity index (χ1n) is 4.81. The zero-order chi connectivity index (χ0) is 10.4. The summed E-state index contributed by atoms with van der Waals surface area (Å²) in [6, 6.07) is 0. The minimum Gasteiger partial charge on any atom is -0.398 e. The van der Waals surface area contributed by atoms with Crippen molar-refractivity contribution in [3.8, 4) is 0 Å². The molecule has 0 atom stereocenters. The maximum Gasteiger partial charge on any atom is 0.407 e. The van der Waals surface area contributed by atoms with Crippen molar-refractivity contribution in [1.29, 1.82) is 0 Å². The second kappa shape index (κ2) is 6.22. The van der Waals surface area contributed by atoms with Gasteiger partial charge in [0.1, 0.15) is 0 Å². The molecule has 0 saturated carbocycles. The van der Waals surface area contributed by atoms with Crippen LogP contribution in [-0.4, -0.2) is 25.1 Å². The Bertz CT molecular complexity index is 178. The number of rotatable bonds is 4. The lowest BCUT2D eigenvalue weighted by Crippen LogP contribution is -2.34. The lowest BCUT2D eigenvalue weighted by molar-refractivity contribution is -0.296. The average Bonchev–Trinajstić information content (AvgIpc) is 2.16. The molecule has 14 heavy (non-hydrogen) atoms. The van der Waals surface area contributed by atoms with E-state index in [1.807, 2.05) is 0 Å². The summed E-state index contributed by atoms with van der Waals surface area (Å²) in [6.45, 7) is 2.35. The van der Waals surface area contributed by atoms with Gasteiger partial charge in [-0.05, 0) is 6.42 Å². The topological polar surface area (TPSA) is 44.8 Å². The highest BCUT2D eigenvalue weighted by Gasteiger charge is 2.24. The van der Waals surface area contributed by atoms with Crippen molar-refractivity contribution in [3.05, 3.63) is 0 Å². The Kier molecular flexibility index (Phi) is 5.22. The van der Waals surface area contributed by atoms with Crippen molar-refractivity contribution in [2.75, 3.05) is 13.2 Å². The lowest BCUT2D eigenvalue weighted by Gasteiger charge is -2.27. The molecule has 1 rings (SSSR count). The first kappa shape index (κ1) is 11.8. The number of carbonyl (C=O) groups is 1. The summed E-state index contributed by atoms with van der Waals surface area (Å²) in [5.41, 5.74) is -0.901. The minimum absolute atomic E-state index is 0.403. The van der Waals surface area contributed by atoms with Crippen LogP contribution in [0.4, 0.5) is 4.79 Å². The van der Waals surface area contributed by atoms with Crippen molar-refractivity contribution in [2.45, 2.75) is 32.7 Å². The van der Waals surface area contributed by atoms with E-state index in [1.54, 1.807) is 0 Å². The van der Waals surface area contributed by atoms with Crippen molar-refractivity contribution < 1.29 is 19.0 Å². The molecule has 0 amide bonds. The SMILES string of the molecule is CCCCC1COC(OC(=O)Cl)OC1. The van der Waals surface area contributed by atoms with Crippen molar-refractivity contribution in [2.24, 2.45) is 5.92 Å². The fourth-order valence-corrected chi connectivity index (χ4v) is 1.40. The Hall–Kier alpha value is -0.320. The summed E-state index contributed by atoms with van der Waals surface area (Å²) < 4.78 is 14.8. The van der Waals surface area contributed by atoms with Crippen molar-refractivity contribution in [3.63, 3.8) is 0 Å². The number of hydrogen-bond acceptors (Lipinski definition) is 4. The van der Waals surface area contributed by atoms with Gasteiger partial charge < -0.3 is 14.2 Å². The van der Waals surface area contributed by atoms with E-state index in [2.05, 4.69) is 11.7 Å². The summed E-state index contributed by atoms with van der Waals surface area (Å²) in [4.78, 5) is 10.3. The molecule has 0 spiro atoms. The third-order valence-electron chi connectivity index (χ3n) is 2.09. The molecular weight excluding hydrogens is 208 g/mol. The lowest BCUT2D eigenvalue weighted by atomic mass is 10.0. The molecule has 5 heteroatoms. The minimum atomic E-state index is -0.919. The van der Waals surface area contributed by atoms with E-state index >= 15 is 0 Å². The van der Waals surface area contributed by atoms with E-state index < -0.39 is 11.9 Å². The van der Waals surface area contributed by atoms with Gasteiger partial charge in [-0.25, -0.2) is 4.79 Å². The Balaban J connectivity index is 2.14. The van der Waals surface area contributed by atoms with Crippen LogP contribution in [0.2, 0.25) is 0 Å². The van der Waals surface area contributed by atoms with Gasteiger partial charge in [-0.2, -0.15) is 0 Å². The van der Waals surface area contributed by atoms with E-state index in [4.69, 9.17) is 21.1 Å². The summed E-state index contributed by atoms with van der Waals surface area (Å²) in [5, 5.41) is 0. The molecule has 0 aromatic rings. The van der Waals surface area contributed by atoms with Crippen molar-refractivity contribution in [1.82, 2.24) is 0 Å². The Labute approximate surface area is 88.5 Å². The second-order valence-electron chi connectivity index (χ2n) is 3.32. The predicted molar refractivity (Wildman–Crippen MR) is 51.0 cm³/mol. The highest BCUT2D eigenvalue weighted by molar-refractivity contribution is 6.61. The molecule has 1 fully saturated rings. The molecule has 82 valence electrons. The first-order valence-corrected chi connectivity index (χ1v) is 5.19. The highest BCUT2D eigenvalue weighted by atomic mass is 35.5. The molecule has 0 aromatic carbocycles. The van der Waals surface area contributed by atoms with E-state index in [1.165, 1.54) is 0 Å².